The molecule has 2 heterocycles. The SMILES string of the molecule is Cc1nnc(Cl)c(-c2[nH]ncc2N)c1C. The lowest BCUT2D eigenvalue weighted by atomic mass is 10.1. The van der Waals surface area contributed by atoms with Crippen molar-refractivity contribution in [2.24, 2.45) is 0 Å². The summed E-state index contributed by atoms with van der Waals surface area (Å²) in [7, 11) is 0. The van der Waals surface area contributed by atoms with Gasteiger partial charge in [0.15, 0.2) is 5.15 Å². The van der Waals surface area contributed by atoms with Gasteiger partial charge in [-0.3, -0.25) is 5.10 Å². The fourth-order valence-corrected chi connectivity index (χ4v) is 1.64. The number of nitrogen functional groups attached to an aromatic ring is 1. The summed E-state index contributed by atoms with van der Waals surface area (Å²) < 4.78 is 0. The van der Waals surface area contributed by atoms with Crippen molar-refractivity contribution in [3.05, 3.63) is 22.6 Å². The van der Waals surface area contributed by atoms with E-state index in [1.54, 1.807) is 6.20 Å². The zero-order valence-electron chi connectivity index (χ0n) is 8.37. The second kappa shape index (κ2) is 3.51. The molecule has 0 saturated heterocycles. The molecule has 0 aliphatic rings. The van der Waals surface area contributed by atoms with E-state index in [0.717, 1.165) is 16.8 Å². The number of nitrogens with two attached hydrogens (primary N) is 1. The lowest BCUT2D eigenvalue weighted by Crippen LogP contribution is -1.98. The summed E-state index contributed by atoms with van der Waals surface area (Å²) in [5.74, 6) is 0. The first-order chi connectivity index (χ1) is 7.11. The summed E-state index contributed by atoms with van der Waals surface area (Å²) >= 11 is 5.99. The highest BCUT2D eigenvalue weighted by molar-refractivity contribution is 6.32. The molecule has 2 aromatic heterocycles. The molecule has 0 atom stereocenters. The molecule has 0 fully saturated rings. The van der Waals surface area contributed by atoms with Crippen LogP contribution in [0.15, 0.2) is 6.20 Å². The van der Waals surface area contributed by atoms with Gasteiger partial charge in [-0.2, -0.15) is 10.2 Å². The van der Waals surface area contributed by atoms with E-state index in [2.05, 4.69) is 20.4 Å². The fourth-order valence-electron chi connectivity index (χ4n) is 1.37. The molecule has 0 saturated carbocycles. The Kier molecular flexibility index (Phi) is 2.32. The van der Waals surface area contributed by atoms with E-state index in [-0.39, 0.29) is 0 Å². The smallest absolute Gasteiger partial charge is 0.161 e. The number of hydrogen-bond donors (Lipinski definition) is 2. The van der Waals surface area contributed by atoms with Gasteiger partial charge in [-0.25, -0.2) is 0 Å². The summed E-state index contributed by atoms with van der Waals surface area (Å²) in [5.41, 5.74) is 9.53. The maximum absolute atomic E-state index is 5.99. The lowest BCUT2D eigenvalue weighted by molar-refractivity contribution is 0.960. The lowest BCUT2D eigenvalue weighted by Gasteiger charge is -2.07. The number of aromatic nitrogens is 4. The van der Waals surface area contributed by atoms with Gasteiger partial charge in [-0.1, -0.05) is 11.6 Å². The molecule has 0 amide bonds. The van der Waals surface area contributed by atoms with Crippen molar-refractivity contribution < 1.29 is 0 Å². The first-order valence-corrected chi connectivity index (χ1v) is 4.77. The van der Waals surface area contributed by atoms with Crippen molar-refractivity contribution in [3.63, 3.8) is 0 Å². The van der Waals surface area contributed by atoms with Gasteiger partial charge in [0.05, 0.1) is 23.3 Å². The third kappa shape index (κ3) is 1.55. The predicted molar refractivity (Wildman–Crippen MR) is 58.5 cm³/mol. The van der Waals surface area contributed by atoms with E-state index in [1.165, 1.54) is 0 Å². The first-order valence-electron chi connectivity index (χ1n) is 4.40. The molecule has 2 rings (SSSR count). The third-order valence-electron chi connectivity index (χ3n) is 2.33. The molecule has 5 nitrogen and oxygen atoms in total. The van der Waals surface area contributed by atoms with Crippen LogP contribution in [0, 0.1) is 13.8 Å². The minimum atomic E-state index is 0.328. The predicted octanol–water partition coefficient (Wildman–Crippen LogP) is 1.72. The summed E-state index contributed by atoms with van der Waals surface area (Å²) in [6.07, 6.45) is 1.54. The summed E-state index contributed by atoms with van der Waals surface area (Å²) in [5, 5.41) is 14.8. The molecule has 0 aliphatic carbocycles. The Bertz CT molecular complexity index is 505. The van der Waals surface area contributed by atoms with E-state index in [9.17, 15) is 0 Å². The number of hydrogen-bond acceptors (Lipinski definition) is 4. The van der Waals surface area contributed by atoms with Crippen LogP contribution in [0.4, 0.5) is 5.69 Å². The molecule has 0 radical (unpaired) electrons. The number of anilines is 1. The Hall–Kier alpha value is -1.62. The van der Waals surface area contributed by atoms with Crippen molar-refractivity contribution in [2.45, 2.75) is 13.8 Å². The van der Waals surface area contributed by atoms with E-state index in [1.807, 2.05) is 13.8 Å². The van der Waals surface area contributed by atoms with Crippen molar-refractivity contribution >= 4 is 17.3 Å². The summed E-state index contributed by atoms with van der Waals surface area (Å²) in [6, 6.07) is 0. The van der Waals surface area contributed by atoms with Gasteiger partial charge in [-0.15, -0.1) is 5.10 Å². The number of nitrogens with zero attached hydrogens (tertiary/aromatic N) is 3. The maximum Gasteiger partial charge on any atom is 0.161 e. The minimum absolute atomic E-state index is 0.328. The van der Waals surface area contributed by atoms with Crippen LogP contribution in [-0.2, 0) is 0 Å². The van der Waals surface area contributed by atoms with E-state index < -0.39 is 0 Å². The highest BCUT2D eigenvalue weighted by Gasteiger charge is 2.15. The second-order valence-electron chi connectivity index (χ2n) is 3.28. The van der Waals surface area contributed by atoms with Crippen LogP contribution in [0.2, 0.25) is 5.15 Å². The number of aromatic amines is 1. The molecule has 0 aromatic carbocycles. The Morgan fingerprint density at radius 2 is 2.07 bits per heavy atom. The van der Waals surface area contributed by atoms with Crippen LogP contribution in [0.5, 0.6) is 0 Å². The Morgan fingerprint density at radius 1 is 1.33 bits per heavy atom. The summed E-state index contributed by atoms with van der Waals surface area (Å²) in [4.78, 5) is 0. The van der Waals surface area contributed by atoms with Gasteiger partial charge >= 0.3 is 0 Å². The van der Waals surface area contributed by atoms with E-state index in [4.69, 9.17) is 17.3 Å². The van der Waals surface area contributed by atoms with Crippen LogP contribution in [-0.4, -0.2) is 20.4 Å². The number of aryl methyl sites for hydroxylation is 1. The highest BCUT2D eigenvalue weighted by atomic mass is 35.5. The Labute approximate surface area is 91.7 Å². The van der Waals surface area contributed by atoms with Gasteiger partial charge in [0.25, 0.3) is 0 Å². The molecular weight excluding hydrogens is 214 g/mol. The quantitative estimate of drug-likeness (QED) is 0.772. The van der Waals surface area contributed by atoms with Crippen LogP contribution in [0.1, 0.15) is 11.3 Å². The van der Waals surface area contributed by atoms with Crippen molar-refractivity contribution in [2.75, 3.05) is 5.73 Å². The number of halogens is 1. The zero-order valence-corrected chi connectivity index (χ0v) is 9.13. The molecule has 0 spiro atoms. The second-order valence-corrected chi connectivity index (χ2v) is 3.63. The van der Waals surface area contributed by atoms with Gasteiger partial charge < -0.3 is 5.73 Å². The van der Waals surface area contributed by atoms with Crippen molar-refractivity contribution in [1.82, 2.24) is 20.4 Å². The standard InChI is InChI=1S/C9H10ClN5/c1-4-5(2)13-15-9(10)7(4)8-6(11)3-12-14-8/h3H,11H2,1-2H3,(H,12,14). The molecular formula is C9H10ClN5. The average molecular weight is 224 g/mol. The minimum Gasteiger partial charge on any atom is -0.396 e. The molecule has 6 heteroatoms. The highest BCUT2D eigenvalue weighted by Crippen LogP contribution is 2.31. The van der Waals surface area contributed by atoms with E-state index in [0.29, 0.717) is 16.5 Å². The normalized spacial score (nSPS) is 10.6. The van der Waals surface area contributed by atoms with Crippen molar-refractivity contribution in [1.29, 1.82) is 0 Å². The largest absolute Gasteiger partial charge is 0.396 e. The average Bonchev–Trinajstić information content (AvgIpc) is 2.60. The molecule has 2 aromatic rings. The first kappa shape index (κ1) is 9.92. The van der Waals surface area contributed by atoms with Crippen molar-refractivity contribution in [3.8, 4) is 11.3 Å². The van der Waals surface area contributed by atoms with Crippen LogP contribution < -0.4 is 5.73 Å². The fraction of sp³-hybridized carbons (Fsp3) is 0.222. The van der Waals surface area contributed by atoms with Crippen LogP contribution in [0.25, 0.3) is 11.3 Å². The topological polar surface area (TPSA) is 80.5 Å². The van der Waals surface area contributed by atoms with Gasteiger partial charge in [0.1, 0.15) is 0 Å². The molecule has 15 heavy (non-hydrogen) atoms. The Morgan fingerprint density at radius 3 is 2.67 bits per heavy atom. The van der Waals surface area contributed by atoms with Crippen LogP contribution >= 0.6 is 11.6 Å². The third-order valence-corrected chi connectivity index (χ3v) is 2.60. The van der Waals surface area contributed by atoms with Gasteiger partial charge in [0.2, 0.25) is 0 Å². The monoisotopic (exact) mass is 223 g/mol. The van der Waals surface area contributed by atoms with E-state index >= 15 is 0 Å². The molecule has 0 aliphatic heterocycles. The maximum atomic E-state index is 5.99. The van der Waals surface area contributed by atoms with Crippen LogP contribution in [0.3, 0.4) is 0 Å². The summed E-state index contributed by atoms with van der Waals surface area (Å²) in [6.45, 7) is 3.79. The molecule has 3 N–H and O–H groups in total. The molecule has 0 bridgehead atoms. The molecule has 0 unspecified atom stereocenters. The zero-order chi connectivity index (χ0) is 11.0. The molecule has 78 valence electrons. The number of nitrogens with one attached hydrogen (secondary N) is 1. The van der Waals surface area contributed by atoms with Gasteiger partial charge in [0, 0.05) is 5.56 Å². The number of rotatable bonds is 1. The number of H-pyrrole nitrogens is 1. The Balaban J connectivity index is 2.72. The van der Waals surface area contributed by atoms with Gasteiger partial charge in [-0.05, 0) is 19.4 Å².